The summed E-state index contributed by atoms with van der Waals surface area (Å²) in [5, 5.41) is 31.0. The Hall–Kier alpha value is -4.41. The molecule has 1 aromatic carbocycles. The molecule has 0 spiro atoms. The second kappa shape index (κ2) is 12.2. The number of nitrogens with zero attached hydrogens (tertiary/aromatic N) is 6. The van der Waals surface area contributed by atoms with Crippen LogP contribution in [0, 0.1) is 5.92 Å². The minimum atomic E-state index is -0.941. The van der Waals surface area contributed by atoms with Crippen molar-refractivity contribution in [3.63, 3.8) is 0 Å². The standard InChI is InChI=1S/C27H32N8O3/c1-4-7-20-14-24(27(38)29-19(12-17(2)3)13-25(36)37)32-35(20)16-18-10-11-23(28-15-18)21-8-5-6-9-22(21)26-30-33-34-31-26/h5-6,8-11,14-15,17,19H,4,7,12-13,16H2,1-3H3,(H,29,38)(H,36,37)(H,30,31,33,34)/t19-/m1/s1. The van der Waals surface area contributed by atoms with Gasteiger partial charge in [-0.25, -0.2) is 0 Å². The highest BCUT2D eigenvalue weighted by molar-refractivity contribution is 5.92. The van der Waals surface area contributed by atoms with Gasteiger partial charge in [0.25, 0.3) is 5.91 Å². The number of carbonyl (C=O) groups is 2. The summed E-state index contributed by atoms with van der Waals surface area (Å²) in [5.41, 5.74) is 4.64. The average Bonchev–Trinajstić information content (AvgIpc) is 3.55. The summed E-state index contributed by atoms with van der Waals surface area (Å²) < 4.78 is 1.82. The summed E-state index contributed by atoms with van der Waals surface area (Å²) >= 11 is 0. The SMILES string of the molecule is CCCc1cc(C(=O)N[C@@H](CC(=O)O)CC(C)C)nn1Cc1ccc(-c2ccccc2-c2nn[nH]n2)nc1. The van der Waals surface area contributed by atoms with Crippen molar-refractivity contribution < 1.29 is 14.7 Å². The van der Waals surface area contributed by atoms with E-state index >= 15 is 0 Å². The topological polar surface area (TPSA) is 152 Å². The lowest BCUT2D eigenvalue weighted by molar-refractivity contribution is -0.137. The highest BCUT2D eigenvalue weighted by Crippen LogP contribution is 2.28. The van der Waals surface area contributed by atoms with Crippen molar-refractivity contribution in [1.29, 1.82) is 0 Å². The Bertz CT molecular complexity index is 1360. The maximum absolute atomic E-state index is 13.0. The van der Waals surface area contributed by atoms with E-state index in [-0.39, 0.29) is 23.9 Å². The van der Waals surface area contributed by atoms with Gasteiger partial charge < -0.3 is 10.4 Å². The lowest BCUT2D eigenvalue weighted by Crippen LogP contribution is -2.37. The van der Waals surface area contributed by atoms with E-state index in [1.165, 1.54) is 0 Å². The Morgan fingerprint density at radius 1 is 1.13 bits per heavy atom. The highest BCUT2D eigenvalue weighted by Gasteiger charge is 2.21. The summed E-state index contributed by atoms with van der Waals surface area (Å²) in [7, 11) is 0. The molecule has 0 bridgehead atoms. The van der Waals surface area contributed by atoms with E-state index in [1.54, 1.807) is 12.3 Å². The predicted molar refractivity (Wildman–Crippen MR) is 141 cm³/mol. The van der Waals surface area contributed by atoms with E-state index in [9.17, 15) is 14.7 Å². The van der Waals surface area contributed by atoms with Crippen LogP contribution >= 0.6 is 0 Å². The van der Waals surface area contributed by atoms with Crippen LogP contribution in [0.25, 0.3) is 22.6 Å². The van der Waals surface area contributed by atoms with Crippen LogP contribution in [0.3, 0.4) is 0 Å². The van der Waals surface area contributed by atoms with E-state index in [0.717, 1.165) is 40.9 Å². The number of aryl methyl sites for hydroxylation is 1. The number of pyridine rings is 1. The fraction of sp³-hybridized carbons (Fsp3) is 0.370. The largest absolute Gasteiger partial charge is 0.481 e. The van der Waals surface area contributed by atoms with Crippen molar-refractivity contribution in [3.05, 3.63) is 65.6 Å². The molecule has 3 aromatic heterocycles. The normalized spacial score (nSPS) is 12.0. The van der Waals surface area contributed by atoms with Gasteiger partial charge in [0, 0.05) is 29.1 Å². The van der Waals surface area contributed by atoms with Crippen molar-refractivity contribution in [1.82, 2.24) is 40.7 Å². The number of aliphatic carboxylic acids is 1. The number of hydrogen-bond acceptors (Lipinski definition) is 7. The molecule has 0 saturated carbocycles. The number of rotatable bonds is 12. The molecule has 0 unspecified atom stereocenters. The molecule has 11 heteroatoms. The zero-order valence-corrected chi connectivity index (χ0v) is 21.8. The molecule has 0 aliphatic rings. The van der Waals surface area contributed by atoms with Gasteiger partial charge in [-0.1, -0.05) is 57.5 Å². The van der Waals surface area contributed by atoms with Gasteiger partial charge in [0.05, 0.1) is 18.7 Å². The van der Waals surface area contributed by atoms with Gasteiger partial charge in [-0.2, -0.15) is 10.3 Å². The van der Waals surface area contributed by atoms with E-state index in [2.05, 4.69) is 42.9 Å². The molecule has 11 nitrogen and oxygen atoms in total. The van der Waals surface area contributed by atoms with Crippen molar-refractivity contribution in [3.8, 4) is 22.6 Å². The molecule has 0 radical (unpaired) electrons. The van der Waals surface area contributed by atoms with Gasteiger partial charge in [0.1, 0.15) is 5.69 Å². The zero-order valence-electron chi connectivity index (χ0n) is 21.8. The van der Waals surface area contributed by atoms with E-state index < -0.39 is 12.0 Å². The third-order valence-electron chi connectivity index (χ3n) is 6.06. The smallest absolute Gasteiger partial charge is 0.305 e. The summed E-state index contributed by atoms with van der Waals surface area (Å²) in [6.07, 6.45) is 3.90. The summed E-state index contributed by atoms with van der Waals surface area (Å²) in [6.45, 7) is 6.52. The van der Waals surface area contributed by atoms with Crippen LogP contribution in [-0.4, -0.2) is 58.4 Å². The second-order valence-corrected chi connectivity index (χ2v) is 9.66. The van der Waals surface area contributed by atoms with Crippen LogP contribution in [0.4, 0.5) is 0 Å². The number of amides is 1. The minimum Gasteiger partial charge on any atom is -0.481 e. The molecule has 38 heavy (non-hydrogen) atoms. The quantitative estimate of drug-likeness (QED) is 0.257. The number of tetrazole rings is 1. The first-order chi connectivity index (χ1) is 18.3. The molecule has 4 rings (SSSR count). The monoisotopic (exact) mass is 516 g/mol. The molecule has 0 fully saturated rings. The van der Waals surface area contributed by atoms with Crippen LogP contribution in [0.5, 0.6) is 0 Å². The fourth-order valence-corrected chi connectivity index (χ4v) is 4.42. The van der Waals surface area contributed by atoms with Gasteiger partial charge in [0.15, 0.2) is 0 Å². The van der Waals surface area contributed by atoms with Gasteiger partial charge in [-0.15, -0.1) is 10.2 Å². The van der Waals surface area contributed by atoms with Crippen LogP contribution in [0.2, 0.25) is 0 Å². The Morgan fingerprint density at radius 2 is 1.92 bits per heavy atom. The molecule has 0 saturated heterocycles. The van der Waals surface area contributed by atoms with E-state index in [4.69, 9.17) is 0 Å². The zero-order chi connectivity index (χ0) is 27.1. The average molecular weight is 517 g/mol. The molecule has 1 amide bonds. The third-order valence-corrected chi connectivity index (χ3v) is 6.06. The maximum atomic E-state index is 13.0. The number of hydrogen-bond donors (Lipinski definition) is 3. The van der Waals surface area contributed by atoms with E-state index in [0.29, 0.717) is 18.8 Å². The third kappa shape index (κ3) is 6.67. The lowest BCUT2D eigenvalue weighted by Gasteiger charge is -2.18. The first-order valence-corrected chi connectivity index (χ1v) is 12.7. The van der Waals surface area contributed by atoms with Gasteiger partial charge in [0.2, 0.25) is 5.82 Å². The molecule has 0 aliphatic carbocycles. The highest BCUT2D eigenvalue weighted by atomic mass is 16.4. The molecular weight excluding hydrogens is 484 g/mol. The number of carboxylic acid groups (broad SMARTS) is 1. The number of aromatic nitrogens is 7. The number of nitrogens with one attached hydrogen (secondary N) is 2. The molecule has 0 aliphatic heterocycles. The first-order valence-electron chi connectivity index (χ1n) is 12.7. The minimum absolute atomic E-state index is 0.125. The number of carboxylic acids is 1. The Balaban J connectivity index is 1.52. The first kappa shape index (κ1) is 26.6. The molecule has 3 heterocycles. The maximum Gasteiger partial charge on any atom is 0.305 e. The van der Waals surface area contributed by atoms with Crippen molar-refractivity contribution in [2.45, 2.75) is 59.0 Å². The van der Waals surface area contributed by atoms with Gasteiger partial charge in [-0.3, -0.25) is 19.3 Å². The van der Waals surface area contributed by atoms with Crippen molar-refractivity contribution in [2.24, 2.45) is 5.92 Å². The second-order valence-electron chi connectivity index (χ2n) is 9.66. The summed E-state index contributed by atoms with van der Waals surface area (Å²) in [4.78, 5) is 28.9. The number of aromatic amines is 1. The molecule has 3 N–H and O–H groups in total. The Labute approximate surface area is 220 Å². The van der Waals surface area contributed by atoms with Crippen LogP contribution in [0.1, 0.15) is 61.8 Å². The number of H-pyrrole nitrogens is 1. The van der Waals surface area contributed by atoms with Crippen LogP contribution < -0.4 is 5.32 Å². The number of benzene rings is 1. The number of carbonyl (C=O) groups excluding carboxylic acids is 1. The van der Waals surface area contributed by atoms with E-state index in [1.807, 2.05) is 54.9 Å². The van der Waals surface area contributed by atoms with Crippen LogP contribution in [0.15, 0.2) is 48.7 Å². The Kier molecular flexibility index (Phi) is 8.57. The van der Waals surface area contributed by atoms with Crippen molar-refractivity contribution >= 4 is 11.9 Å². The molecule has 1 atom stereocenters. The van der Waals surface area contributed by atoms with Gasteiger partial charge >= 0.3 is 5.97 Å². The molecule has 4 aromatic rings. The summed E-state index contributed by atoms with van der Waals surface area (Å²) in [6, 6.07) is 13.0. The van der Waals surface area contributed by atoms with Crippen LogP contribution in [-0.2, 0) is 17.8 Å². The fourth-order valence-electron chi connectivity index (χ4n) is 4.42. The molecular formula is C27H32N8O3. The van der Waals surface area contributed by atoms with Crippen molar-refractivity contribution in [2.75, 3.05) is 0 Å². The lowest BCUT2D eigenvalue weighted by atomic mass is 10.0. The Morgan fingerprint density at radius 3 is 2.55 bits per heavy atom. The predicted octanol–water partition coefficient (Wildman–Crippen LogP) is 3.75. The summed E-state index contributed by atoms with van der Waals surface area (Å²) in [5.74, 6) is -0.553. The molecule has 198 valence electrons. The van der Waals surface area contributed by atoms with Gasteiger partial charge in [-0.05, 0) is 41.7 Å².